The van der Waals surface area contributed by atoms with Gasteiger partial charge in [-0.1, -0.05) is 19.1 Å². The summed E-state index contributed by atoms with van der Waals surface area (Å²) in [6.07, 6.45) is 2.25. The van der Waals surface area contributed by atoms with E-state index in [2.05, 4.69) is 31.3 Å². The SMILES string of the molecule is CCNC(C)c1ccc(OCC(=O)N(C)C2CC2)c(C)c1. The minimum Gasteiger partial charge on any atom is -0.484 e. The summed E-state index contributed by atoms with van der Waals surface area (Å²) in [5.74, 6) is 0.849. The first-order valence-corrected chi connectivity index (χ1v) is 7.75. The lowest BCUT2D eigenvalue weighted by atomic mass is 10.1. The van der Waals surface area contributed by atoms with Gasteiger partial charge in [0.1, 0.15) is 5.75 Å². The molecule has 0 saturated heterocycles. The molecule has 1 fully saturated rings. The number of hydrogen-bond donors (Lipinski definition) is 1. The van der Waals surface area contributed by atoms with Crippen LogP contribution in [0.1, 0.15) is 43.9 Å². The van der Waals surface area contributed by atoms with Crippen LogP contribution in [0, 0.1) is 6.92 Å². The Morgan fingerprint density at radius 3 is 2.76 bits per heavy atom. The molecule has 0 spiro atoms. The summed E-state index contributed by atoms with van der Waals surface area (Å²) in [4.78, 5) is 13.8. The Labute approximate surface area is 127 Å². The van der Waals surface area contributed by atoms with Crippen molar-refractivity contribution in [2.75, 3.05) is 20.2 Å². The molecule has 1 unspecified atom stereocenters. The van der Waals surface area contributed by atoms with Gasteiger partial charge >= 0.3 is 0 Å². The van der Waals surface area contributed by atoms with Crippen LogP contribution in [0.4, 0.5) is 0 Å². The normalized spacial score (nSPS) is 15.6. The van der Waals surface area contributed by atoms with E-state index in [0.29, 0.717) is 12.1 Å². The number of nitrogens with zero attached hydrogens (tertiary/aromatic N) is 1. The zero-order chi connectivity index (χ0) is 15.4. The largest absolute Gasteiger partial charge is 0.484 e. The van der Waals surface area contributed by atoms with Crippen LogP contribution < -0.4 is 10.1 Å². The Morgan fingerprint density at radius 1 is 1.48 bits per heavy atom. The van der Waals surface area contributed by atoms with Gasteiger partial charge in [0, 0.05) is 19.1 Å². The second-order valence-electron chi connectivity index (χ2n) is 5.83. The Kier molecular flexibility index (Phi) is 5.23. The highest BCUT2D eigenvalue weighted by atomic mass is 16.5. The van der Waals surface area contributed by atoms with E-state index in [1.807, 2.05) is 20.0 Å². The monoisotopic (exact) mass is 290 g/mol. The Hall–Kier alpha value is -1.55. The second kappa shape index (κ2) is 6.94. The maximum Gasteiger partial charge on any atom is 0.260 e. The molecule has 0 bridgehead atoms. The molecule has 1 aromatic rings. The van der Waals surface area contributed by atoms with Gasteiger partial charge in [-0.3, -0.25) is 4.79 Å². The topological polar surface area (TPSA) is 41.6 Å². The number of amides is 1. The number of likely N-dealkylation sites (N-methyl/N-ethyl adjacent to an activating group) is 1. The van der Waals surface area contributed by atoms with Crippen molar-refractivity contribution >= 4 is 5.91 Å². The summed E-state index contributed by atoms with van der Waals surface area (Å²) in [6, 6.07) is 6.90. The second-order valence-corrected chi connectivity index (χ2v) is 5.83. The third kappa shape index (κ3) is 4.21. The lowest BCUT2D eigenvalue weighted by molar-refractivity contribution is -0.132. The molecule has 21 heavy (non-hydrogen) atoms. The molecule has 1 aliphatic carbocycles. The summed E-state index contributed by atoms with van der Waals surface area (Å²) in [5.41, 5.74) is 2.31. The highest BCUT2D eigenvalue weighted by Gasteiger charge is 2.29. The summed E-state index contributed by atoms with van der Waals surface area (Å²) < 4.78 is 5.68. The Morgan fingerprint density at radius 2 is 2.19 bits per heavy atom. The molecule has 2 rings (SSSR count). The van der Waals surface area contributed by atoms with E-state index in [9.17, 15) is 4.79 Å². The van der Waals surface area contributed by atoms with Crippen molar-refractivity contribution in [2.45, 2.75) is 45.7 Å². The summed E-state index contributed by atoms with van der Waals surface area (Å²) in [6.45, 7) is 7.33. The third-order valence-corrected chi connectivity index (χ3v) is 4.05. The molecule has 0 radical (unpaired) electrons. The van der Waals surface area contributed by atoms with Gasteiger partial charge in [-0.05, 0) is 50.4 Å². The number of benzene rings is 1. The summed E-state index contributed by atoms with van der Waals surface area (Å²) in [5, 5.41) is 3.39. The molecule has 0 aliphatic heterocycles. The molecule has 1 aromatic carbocycles. The number of nitrogens with one attached hydrogen (secondary N) is 1. The van der Waals surface area contributed by atoms with Crippen LogP contribution in [0.3, 0.4) is 0 Å². The van der Waals surface area contributed by atoms with E-state index in [0.717, 1.165) is 30.7 Å². The van der Waals surface area contributed by atoms with Crippen LogP contribution in [0.15, 0.2) is 18.2 Å². The maximum atomic E-state index is 12.0. The van der Waals surface area contributed by atoms with E-state index in [1.165, 1.54) is 5.56 Å². The predicted octanol–water partition coefficient (Wildman–Crippen LogP) is 2.67. The van der Waals surface area contributed by atoms with Crippen LogP contribution in [-0.4, -0.2) is 37.0 Å². The van der Waals surface area contributed by atoms with Gasteiger partial charge in [0.05, 0.1) is 0 Å². The number of hydrogen-bond acceptors (Lipinski definition) is 3. The molecule has 1 atom stereocenters. The Bertz CT molecular complexity index is 498. The number of ether oxygens (including phenoxy) is 1. The molecule has 4 heteroatoms. The smallest absolute Gasteiger partial charge is 0.260 e. The Balaban J connectivity index is 1.92. The van der Waals surface area contributed by atoms with Gasteiger partial charge in [-0.25, -0.2) is 0 Å². The van der Waals surface area contributed by atoms with Crippen molar-refractivity contribution in [2.24, 2.45) is 0 Å². The molecule has 1 aliphatic rings. The molecule has 116 valence electrons. The highest BCUT2D eigenvalue weighted by molar-refractivity contribution is 5.78. The first-order chi connectivity index (χ1) is 10.0. The van der Waals surface area contributed by atoms with Gasteiger partial charge in [0.15, 0.2) is 6.61 Å². The van der Waals surface area contributed by atoms with Crippen molar-refractivity contribution in [3.8, 4) is 5.75 Å². The molecular formula is C17H26N2O2. The van der Waals surface area contributed by atoms with Gasteiger partial charge in [-0.2, -0.15) is 0 Å². The zero-order valence-electron chi connectivity index (χ0n) is 13.5. The molecule has 1 N–H and O–H groups in total. The van der Waals surface area contributed by atoms with Crippen LogP contribution in [0.25, 0.3) is 0 Å². The van der Waals surface area contributed by atoms with Crippen molar-refractivity contribution in [1.29, 1.82) is 0 Å². The molecule has 0 aromatic heterocycles. The number of aryl methyl sites for hydroxylation is 1. The van der Waals surface area contributed by atoms with E-state index in [4.69, 9.17) is 4.74 Å². The van der Waals surface area contributed by atoms with E-state index >= 15 is 0 Å². The number of carbonyl (C=O) groups is 1. The van der Waals surface area contributed by atoms with Crippen molar-refractivity contribution in [1.82, 2.24) is 10.2 Å². The minimum atomic E-state index is 0.0574. The van der Waals surface area contributed by atoms with E-state index in [-0.39, 0.29) is 12.5 Å². The van der Waals surface area contributed by atoms with Crippen LogP contribution in [0.2, 0.25) is 0 Å². The van der Waals surface area contributed by atoms with E-state index in [1.54, 1.807) is 4.90 Å². The summed E-state index contributed by atoms with van der Waals surface area (Å²) in [7, 11) is 1.86. The molecular weight excluding hydrogens is 264 g/mol. The maximum absolute atomic E-state index is 12.0. The lowest BCUT2D eigenvalue weighted by Crippen LogP contribution is -2.33. The summed E-state index contributed by atoms with van der Waals surface area (Å²) >= 11 is 0. The van der Waals surface area contributed by atoms with E-state index < -0.39 is 0 Å². The van der Waals surface area contributed by atoms with Crippen LogP contribution in [-0.2, 0) is 4.79 Å². The standard InChI is InChI=1S/C17H26N2O2/c1-5-18-13(3)14-6-9-16(12(2)10-14)21-11-17(20)19(4)15-7-8-15/h6,9-10,13,15,18H,5,7-8,11H2,1-4H3. The highest BCUT2D eigenvalue weighted by Crippen LogP contribution is 2.26. The predicted molar refractivity (Wildman–Crippen MR) is 84.6 cm³/mol. The fraction of sp³-hybridized carbons (Fsp3) is 0.588. The van der Waals surface area contributed by atoms with Gasteiger partial charge in [0.2, 0.25) is 0 Å². The van der Waals surface area contributed by atoms with Gasteiger partial charge in [-0.15, -0.1) is 0 Å². The first kappa shape index (κ1) is 15.8. The van der Waals surface area contributed by atoms with Gasteiger partial charge in [0.25, 0.3) is 5.91 Å². The zero-order valence-corrected chi connectivity index (χ0v) is 13.5. The molecule has 1 amide bonds. The average Bonchev–Trinajstić information content (AvgIpc) is 3.29. The fourth-order valence-electron chi connectivity index (χ4n) is 2.43. The van der Waals surface area contributed by atoms with Crippen molar-refractivity contribution in [3.63, 3.8) is 0 Å². The van der Waals surface area contributed by atoms with Crippen molar-refractivity contribution < 1.29 is 9.53 Å². The molecule has 4 nitrogen and oxygen atoms in total. The average molecular weight is 290 g/mol. The fourth-order valence-corrected chi connectivity index (χ4v) is 2.43. The minimum absolute atomic E-state index is 0.0574. The molecule has 1 saturated carbocycles. The molecule has 0 heterocycles. The van der Waals surface area contributed by atoms with Gasteiger partial charge < -0.3 is 15.0 Å². The van der Waals surface area contributed by atoms with Crippen LogP contribution >= 0.6 is 0 Å². The lowest BCUT2D eigenvalue weighted by Gasteiger charge is -2.18. The first-order valence-electron chi connectivity index (χ1n) is 7.75. The van der Waals surface area contributed by atoms with Crippen LogP contribution in [0.5, 0.6) is 5.75 Å². The number of rotatable bonds is 7. The third-order valence-electron chi connectivity index (χ3n) is 4.05. The quantitative estimate of drug-likeness (QED) is 0.839. The number of carbonyl (C=O) groups excluding carboxylic acids is 1. The van der Waals surface area contributed by atoms with Crippen molar-refractivity contribution in [3.05, 3.63) is 29.3 Å².